The minimum absolute atomic E-state index is 0.134. The molecule has 1 saturated heterocycles. The van der Waals surface area contributed by atoms with Gasteiger partial charge in [-0.2, -0.15) is 0 Å². The molecule has 1 fully saturated rings. The summed E-state index contributed by atoms with van der Waals surface area (Å²) in [5.74, 6) is 0.686. The molecule has 0 saturated carbocycles. The molecule has 0 aliphatic carbocycles. The Morgan fingerprint density at radius 1 is 1.17 bits per heavy atom. The Kier molecular flexibility index (Phi) is 5.53. The summed E-state index contributed by atoms with van der Waals surface area (Å²) in [6, 6.07) is 8.44. The van der Waals surface area contributed by atoms with E-state index >= 15 is 0 Å². The van der Waals surface area contributed by atoms with Gasteiger partial charge in [0.15, 0.2) is 0 Å². The highest BCUT2D eigenvalue weighted by Gasteiger charge is 2.22. The first-order chi connectivity index (χ1) is 11.6. The van der Waals surface area contributed by atoms with Crippen molar-refractivity contribution in [3.63, 3.8) is 0 Å². The van der Waals surface area contributed by atoms with Crippen LogP contribution in [0.15, 0.2) is 41.0 Å². The van der Waals surface area contributed by atoms with Crippen LogP contribution in [0.1, 0.15) is 17.7 Å². The van der Waals surface area contributed by atoms with Gasteiger partial charge in [-0.15, -0.1) is 0 Å². The molecule has 0 bridgehead atoms. The molecule has 1 aliphatic heterocycles. The average Bonchev–Trinajstić information content (AvgIpc) is 3.10. The number of aryl methyl sites for hydroxylation is 1. The van der Waals surface area contributed by atoms with Crippen LogP contribution in [0.2, 0.25) is 5.02 Å². The van der Waals surface area contributed by atoms with Crippen molar-refractivity contribution in [1.29, 1.82) is 0 Å². The fraction of sp³-hybridized carbons (Fsp3) is 0.389. The van der Waals surface area contributed by atoms with Gasteiger partial charge in [0.25, 0.3) is 0 Å². The van der Waals surface area contributed by atoms with Crippen molar-refractivity contribution in [2.75, 3.05) is 26.2 Å². The summed E-state index contributed by atoms with van der Waals surface area (Å²) in [4.78, 5) is 16.2. The van der Waals surface area contributed by atoms with Gasteiger partial charge >= 0.3 is 0 Å². The van der Waals surface area contributed by atoms with E-state index in [0.29, 0.717) is 43.1 Å². The fourth-order valence-electron chi connectivity index (χ4n) is 2.91. The van der Waals surface area contributed by atoms with Crippen LogP contribution >= 0.6 is 11.6 Å². The van der Waals surface area contributed by atoms with Gasteiger partial charge in [-0.3, -0.25) is 9.69 Å². The maximum atomic E-state index is 13.9. The molecule has 0 N–H and O–H groups in total. The predicted octanol–water partition coefficient (Wildman–Crippen LogP) is 3.35. The topological polar surface area (TPSA) is 36.7 Å². The minimum Gasteiger partial charge on any atom is -0.469 e. The van der Waals surface area contributed by atoms with E-state index in [1.165, 1.54) is 6.07 Å². The molecule has 1 aromatic carbocycles. The first-order valence-corrected chi connectivity index (χ1v) is 8.46. The van der Waals surface area contributed by atoms with Crippen LogP contribution in [0.5, 0.6) is 0 Å². The lowest BCUT2D eigenvalue weighted by atomic mass is 10.1. The Morgan fingerprint density at radius 3 is 2.62 bits per heavy atom. The molecule has 0 radical (unpaired) electrons. The van der Waals surface area contributed by atoms with Gasteiger partial charge in [0.2, 0.25) is 5.91 Å². The number of halogens is 2. The number of piperazine rings is 1. The first-order valence-electron chi connectivity index (χ1n) is 8.09. The summed E-state index contributed by atoms with van der Waals surface area (Å²) >= 11 is 6.08. The SMILES string of the molecule is O=C(CCc1ccco1)N1CCN(Cc2c(F)cccc2Cl)CC1. The van der Waals surface area contributed by atoms with Crippen molar-refractivity contribution in [3.8, 4) is 0 Å². The molecule has 0 unspecified atom stereocenters. The maximum Gasteiger partial charge on any atom is 0.223 e. The molecule has 4 nitrogen and oxygen atoms in total. The number of carbonyl (C=O) groups is 1. The molecule has 1 aromatic heterocycles. The van der Waals surface area contributed by atoms with Gasteiger partial charge < -0.3 is 9.32 Å². The van der Waals surface area contributed by atoms with Crippen LogP contribution in [-0.2, 0) is 17.8 Å². The average molecular weight is 351 g/mol. The molecule has 0 spiro atoms. The zero-order chi connectivity index (χ0) is 16.9. The quantitative estimate of drug-likeness (QED) is 0.829. The lowest BCUT2D eigenvalue weighted by Gasteiger charge is -2.35. The van der Waals surface area contributed by atoms with Gasteiger partial charge in [-0.25, -0.2) is 4.39 Å². The molecule has 2 aromatic rings. The van der Waals surface area contributed by atoms with E-state index in [0.717, 1.165) is 18.8 Å². The number of rotatable bonds is 5. The zero-order valence-electron chi connectivity index (χ0n) is 13.4. The molecule has 6 heteroatoms. The third-order valence-electron chi connectivity index (χ3n) is 4.33. The van der Waals surface area contributed by atoms with Gasteiger partial charge in [-0.05, 0) is 24.3 Å². The Balaban J connectivity index is 1.48. The summed E-state index contributed by atoms with van der Waals surface area (Å²) in [5, 5.41) is 0.451. The molecular formula is C18H20ClFN2O2. The summed E-state index contributed by atoms with van der Waals surface area (Å²) in [7, 11) is 0. The van der Waals surface area contributed by atoms with Crippen LogP contribution in [0.4, 0.5) is 4.39 Å². The van der Waals surface area contributed by atoms with E-state index in [9.17, 15) is 9.18 Å². The van der Waals surface area contributed by atoms with Crippen LogP contribution in [0, 0.1) is 5.82 Å². The van der Waals surface area contributed by atoms with E-state index in [2.05, 4.69) is 4.90 Å². The number of carbonyl (C=O) groups excluding carboxylic acids is 1. The molecule has 24 heavy (non-hydrogen) atoms. The lowest BCUT2D eigenvalue weighted by Crippen LogP contribution is -2.48. The smallest absolute Gasteiger partial charge is 0.223 e. The highest BCUT2D eigenvalue weighted by molar-refractivity contribution is 6.31. The van der Waals surface area contributed by atoms with Gasteiger partial charge in [-0.1, -0.05) is 17.7 Å². The molecule has 1 amide bonds. The Hall–Kier alpha value is -1.85. The number of amides is 1. The number of hydrogen-bond acceptors (Lipinski definition) is 3. The second-order valence-corrected chi connectivity index (χ2v) is 6.34. The number of benzene rings is 1. The summed E-state index contributed by atoms with van der Waals surface area (Å²) in [5.41, 5.74) is 0.525. The van der Waals surface area contributed by atoms with Crippen LogP contribution in [0.25, 0.3) is 0 Å². The molecule has 0 atom stereocenters. The summed E-state index contributed by atoms with van der Waals surface area (Å²) in [6.07, 6.45) is 2.69. The highest BCUT2D eigenvalue weighted by atomic mass is 35.5. The zero-order valence-corrected chi connectivity index (χ0v) is 14.1. The normalized spacial score (nSPS) is 15.7. The summed E-state index contributed by atoms with van der Waals surface area (Å²) < 4.78 is 19.1. The van der Waals surface area contributed by atoms with Crippen LogP contribution < -0.4 is 0 Å². The molecular weight excluding hydrogens is 331 g/mol. The van der Waals surface area contributed by atoms with E-state index in [-0.39, 0.29) is 11.7 Å². The monoisotopic (exact) mass is 350 g/mol. The molecule has 3 rings (SSSR count). The second kappa shape index (κ2) is 7.81. The van der Waals surface area contributed by atoms with E-state index in [1.54, 1.807) is 18.4 Å². The van der Waals surface area contributed by atoms with Crippen molar-refractivity contribution >= 4 is 17.5 Å². The molecule has 1 aliphatic rings. The highest BCUT2D eigenvalue weighted by Crippen LogP contribution is 2.21. The summed E-state index contributed by atoms with van der Waals surface area (Å²) in [6.45, 7) is 3.22. The Morgan fingerprint density at radius 2 is 1.96 bits per heavy atom. The van der Waals surface area contributed by atoms with E-state index < -0.39 is 0 Å². The molecule has 2 heterocycles. The number of hydrogen-bond donors (Lipinski definition) is 0. The first kappa shape index (κ1) is 17.0. The van der Waals surface area contributed by atoms with Crippen molar-refractivity contribution < 1.29 is 13.6 Å². The van der Waals surface area contributed by atoms with E-state index in [1.807, 2.05) is 17.0 Å². The predicted molar refractivity (Wildman–Crippen MR) is 90.3 cm³/mol. The van der Waals surface area contributed by atoms with Gasteiger partial charge in [0.1, 0.15) is 11.6 Å². The van der Waals surface area contributed by atoms with Crippen molar-refractivity contribution in [1.82, 2.24) is 9.80 Å². The lowest BCUT2D eigenvalue weighted by molar-refractivity contribution is -0.133. The van der Waals surface area contributed by atoms with Crippen molar-refractivity contribution in [2.24, 2.45) is 0 Å². The minimum atomic E-state index is -0.278. The van der Waals surface area contributed by atoms with Crippen molar-refractivity contribution in [3.05, 3.63) is 58.8 Å². The maximum absolute atomic E-state index is 13.9. The Bertz CT molecular complexity index is 662. The van der Waals surface area contributed by atoms with Gasteiger partial charge in [0.05, 0.1) is 6.26 Å². The Labute approximate surface area is 145 Å². The molecule has 128 valence electrons. The van der Waals surface area contributed by atoms with Gasteiger partial charge in [0, 0.05) is 56.2 Å². The largest absolute Gasteiger partial charge is 0.469 e. The third-order valence-corrected chi connectivity index (χ3v) is 4.69. The standard InChI is InChI=1S/C18H20ClFN2O2/c19-16-4-1-5-17(20)15(16)13-21-8-10-22(11-9-21)18(23)7-6-14-3-2-12-24-14/h1-5,12H,6-11,13H2. The number of nitrogens with zero attached hydrogens (tertiary/aromatic N) is 2. The van der Waals surface area contributed by atoms with E-state index in [4.69, 9.17) is 16.0 Å². The number of furan rings is 1. The van der Waals surface area contributed by atoms with Crippen molar-refractivity contribution in [2.45, 2.75) is 19.4 Å². The fourth-order valence-corrected chi connectivity index (χ4v) is 3.13. The second-order valence-electron chi connectivity index (χ2n) is 5.94. The third kappa shape index (κ3) is 4.16. The van der Waals surface area contributed by atoms with Crippen LogP contribution in [0.3, 0.4) is 0 Å². The van der Waals surface area contributed by atoms with Crippen LogP contribution in [-0.4, -0.2) is 41.9 Å².